The molecule has 0 atom stereocenters. The number of benzene rings is 2. The molecule has 2 rings (SSSR count). The quantitative estimate of drug-likeness (QED) is 0.492. The molecule has 0 saturated heterocycles. The number of aliphatic imine (C=N–C) groups is 1. The van der Waals surface area contributed by atoms with Crippen LogP contribution in [0.25, 0.3) is 0 Å². The van der Waals surface area contributed by atoms with Gasteiger partial charge in [0.25, 0.3) is 0 Å². The Morgan fingerprint density at radius 3 is 2.52 bits per heavy atom. The van der Waals surface area contributed by atoms with Gasteiger partial charge in [-0.25, -0.2) is 4.99 Å². The molecular formula is C22H27F3N4O2. The summed E-state index contributed by atoms with van der Waals surface area (Å²) in [6.07, 6.45) is -4.42. The van der Waals surface area contributed by atoms with Gasteiger partial charge in [-0.1, -0.05) is 30.3 Å². The molecule has 168 valence electrons. The molecule has 31 heavy (non-hydrogen) atoms. The Labute approximate surface area is 180 Å². The molecule has 0 heterocycles. The summed E-state index contributed by atoms with van der Waals surface area (Å²) >= 11 is 0. The summed E-state index contributed by atoms with van der Waals surface area (Å²) in [6, 6.07) is 12.5. The Morgan fingerprint density at radius 1 is 1.10 bits per heavy atom. The molecule has 2 aromatic rings. The fraction of sp³-hybridized carbons (Fsp3) is 0.364. The number of alkyl halides is 3. The number of halogens is 3. The van der Waals surface area contributed by atoms with Crippen molar-refractivity contribution in [2.24, 2.45) is 4.99 Å². The first-order valence-corrected chi connectivity index (χ1v) is 9.80. The Bertz CT molecular complexity index is 898. The third kappa shape index (κ3) is 7.84. The predicted molar refractivity (Wildman–Crippen MR) is 114 cm³/mol. The Balaban J connectivity index is 2.15. The lowest BCUT2D eigenvalue weighted by Gasteiger charge is -2.16. The molecule has 0 aromatic heterocycles. The second kappa shape index (κ2) is 11.2. The minimum Gasteiger partial charge on any atom is -0.494 e. The number of ether oxygens (including phenoxy) is 1. The van der Waals surface area contributed by atoms with E-state index in [9.17, 15) is 18.0 Å². The largest absolute Gasteiger partial charge is 0.494 e. The fourth-order valence-electron chi connectivity index (χ4n) is 2.63. The first-order chi connectivity index (χ1) is 14.7. The van der Waals surface area contributed by atoms with Crippen LogP contribution in [0.15, 0.2) is 53.5 Å². The number of hydrogen-bond donors (Lipinski definition) is 2. The lowest BCUT2D eigenvalue weighted by Crippen LogP contribution is -2.42. The van der Waals surface area contributed by atoms with Gasteiger partial charge in [-0.2, -0.15) is 13.2 Å². The van der Waals surface area contributed by atoms with E-state index < -0.39 is 11.7 Å². The van der Waals surface area contributed by atoms with Crippen LogP contribution in [0, 0.1) is 0 Å². The van der Waals surface area contributed by atoms with E-state index in [-0.39, 0.29) is 19.0 Å². The highest BCUT2D eigenvalue weighted by Crippen LogP contribution is 2.29. The van der Waals surface area contributed by atoms with Gasteiger partial charge < -0.3 is 20.3 Å². The van der Waals surface area contributed by atoms with Crippen LogP contribution in [0.5, 0.6) is 5.75 Å². The maximum absolute atomic E-state index is 12.9. The van der Waals surface area contributed by atoms with Crippen LogP contribution in [0.3, 0.4) is 0 Å². The number of nitrogens with one attached hydrogen (secondary N) is 2. The van der Waals surface area contributed by atoms with Crippen LogP contribution in [0.2, 0.25) is 0 Å². The van der Waals surface area contributed by atoms with Gasteiger partial charge in [0.05, 0.1) is 25.3 Å². The Kier molecular flexibility index (Phi) is 8.72. The summed E-state index contributed by atoms with van der Waals surface area (Å²) in [5, 5.41) is 6.03. The molecule has 2 aromatic carbocycles. The minimum atomic E-state index is -4.42. The molecule has 0 spiro atoms. The number of carbonyl (C=O) groups excluding carboxylic acids is 1. The average Bonchev–Trinajstić information content (AvgIpc) is 2.73. The van der Waals surface area contributed by atoms with Crippen molar-refractivity contribution in [3.05, 3.63) is 65.2 Å². The zero-order chi connectivity index (χ0) is 22.9. The van der Waals surface area contributed by atoms with Gasteiger partial charge in [-0.15, -0.1) is 0 Å². The van der Waals surface area contributed by atoms with E-state index in [4.69, 9.17) is 4.74 Å². The monoisotopic (exact) mass is 436 g/mol. The molecule has 1 amide bonds. The summed E-state index contributed by atoms with van der Waals surface area (Å²) in [6.45, 7) is 2.78. The summed E-state index contributed by atoms with van der Waals surface area (Å²) in [7, 11) is 3.27. The minimum absolute atomic E-state index is 0.00543. The first-order valence-electron chi connectivity index (χ1n) is 9.80. The van der Waals surface area contributed by atoms with Crippen molar-refractivity contribution in [3.63, 3.8) is 0 Å². The predicted octanol–water partition coefficient (Wildman–Crippen LogP) is 3.43. The standard InChI is InChI=1S/C22H27F3N4O2/c1-4-31-19-11-6-5-9-17(19)14-27-21(28-15-20(30)29(2)3)26-13-16-8-7-10-18(12-16)22(23,24)25/h5-12H,4,13-15H2,1-3H3,(H2,26,27,28). The van der Waals surface area contributed by atoms with E-state index in [0.717, 1.165) is 23.4 Å². The van der Waals surface area contributed by atoms with Crippen molar-refractivity contribution in [1.82, 2.24) is 15.5 Å². The summed E-state index contributed by atoms with van der Waals surface area (Å²) < 4.78 is 44.4. The number of amides is 1. The zero-order valence-corrected chi connectivity index (χ0v) is 17.8. The van der Waals surface area contributed by atoms with Crippen LogP contribution in [0.1, 0.15) is 23.6 Å². The first kappa shape index (κ1) is 24.0. The number of hydrogen-bond acceptors (Lipinski definition) is 3. The maximum Gasteiger partial charge on any atom is 0.416 e. The van der Waals surface area contributed by atoms with Crippen molar-refractivity contribution in [1.29, 1.82) is 0 Å². The molecule has 0 aliphatic rings. The van der Waals surface area contributed by atoms with Gasteiger partial charge in [-0.3, -0.25) is 4.79 Å². The van der Waals surface area contributed by atoms with E-state index in [0.29, 0.717) is 24.7 Å². The van der Waals surface area contributed by atoms with Gasteiger partial charge in [0.1, 0.15) is 5.75 Å². The Morgan fingerprint density at radius 2 is 1.84 bits per heavy atom. The summed E-state index contributed by atoms with van der Waals surface area (Å²) in [5.74, 6) is 0.862. The molecule has 0 radical (unpaired) electrons. The van der Waals surface area contributed by atoms with Crippen LogP contribution in [-0.4, -0.2) is 44.0 Å². The van der Waals surface area contributed by atoms with E-state index in [1.807, 2.05) is 31.2 Å². The van der Waals surface area contributed by atoms with Crippen molar-refractivity contribution in [2.45, 2.75) is 26.2 Å². The number of rotatable bonds is 8. The van der Waals surface area contributed by atoms with Gasteiger partial charge in [0, 0.05) is 26.2 Å². The highest BCUT2D eigenvalue weighted by molar-refractivity contribution is 5.86. The van der Waals surface area contributed by atoms with Crippen molar-refractivity contribution >= 4 is 11.9 Å². The van der Waals surface area contributed by atoms with Crippen LogP contribution >= 0.6 is 0 Å². The third-order valence-electron chi connectivity index (χ3n) is 4.30. The molecule has 0 saturated carbocycles. The molecule has 0 aliphatic heterocycles. The summed E-state index contributed by atoms with van der Waals surface area (Å²) in [4.78, 5) is 17.7. The average molecular weight is 436 g/mol. The summed E-state index contributed by atoms with van der Waals surface area (Å²) in [5.41, 5.74) is 0.567. The van der Waals surface area contributed by atoms with Gasteiger partial charge in [0.2, 0.25) is 5.91 Å². The van der Waals surface area contributed by atoms with Crippen LogP contribution in [0.4, 0.5) is 13.2 Å². The number of carbonyl (C=O) groups is 1. The van der Waals surface area contributed by atoms with Crippen molar-refractivity contribution in [2.75, 3.05) is 27.2 Å². The topological polar surface area (TPSA) is 66.0 Å². The van der Waals surface area contributed by atoms with E-state index in [1.54, 1.807) is 20.2 Å². The van der Waals surface area contributed by atoms with Crippen molar-refractivity contribution in [3.8, 4) is 5.75 Å². The highest BCUT2D eigenvalue weighted by Gasteiger charge is 2.30. The SMILES string of the molecule is CCOc1ccccc1CNC(=NCc1cccc(C(F)(F)F)c1)NCC(=O)N(C)C. The number of likely N-dealkylation sites (N-methyl/N-ethyl adjacent to an activating group) is 1. The molecule has 0 fully saturated rings. The molecule has 0 bridgehead atoms. The van der Waals surface area contributed by atoms with E-state index >= 15 is 0 Å². The Hall–Kier alpha value is -3.23. The van der Waals surface area contributed by atoms with Gasteiger partial charge in [-0.05, 0) is 30.7 Å². The smallest absolute Gasteiger partial charge is 0.416 e. The molecule has 2 N–H and O–H groups in total. The van der Waals surface area contributed by atoms with E-state index in [2.05, 4.69) is 15.6 Å². The van der Waals surface area contributed by atoms with Gasteiger partial charge in [0.15, 0.2) is 5.96 Å². The molecule has 6 nitrogen and oxygen atoms in total. The molecule has 9 heteroatoms. The second-order valence-electron chi connectivity index (χ2n) is 6.90. The second-order valence-corrected chi connectivity index (χ2v) is 6.90. The van der Waals surface area contributed by atoms with Crippen molar-refractivity contribution < 1.29 is 22.7 Å². The maximum atomic E-state index is 12.9. The molecular weight excluding hydrogens is 409 g/mol. The molecule has 0 unspecified atom stereocenters. The van der Waals surface area contributed by atoms with Crippen LogP contribution < -0.4 is 15.4 Å². The number of guanidine groups is 1. The number of nitrogens with zero attached hydrogens (tertiary/aromatic N) is 2. The lowest BCUT2D eigenvalue weighted by molar-refractivity contribution is -0.137. The number of para-hydroxylation sites is 1. The fourth-order valence-corrected chi connectivity index (χ4v) is 2.63. The van der Waals surface area contributed by atoms with Crippen LogP contribution in [-0.2, 0) is 24.1 Å². The highest BCUT2D eigenvalue weighted by atomic mass is 19.4. The lowest BCUT2D eigenvalue weighted by atomic mass is 10.1. The van der Waals surface area contributed by atoms with Gasteiger partial charge >= 0.3 is 6.18 Å². The third-order valence-corrected chi connectivity index (χ3v) is 4.30. The van der Waals surface area contributed by atoms with E-state index in [1.165, 1.54) is 11.0 Å². The zero-order valence-electron chi connectivity index (χ0n) is 17.8. The molecule has 0 aliphatic carbocycles. The normalized spacial score (nSPS) is 11.7.